The zero-order valence-corrected chi connectivity index (χ0v) is 8.41. The summed E-state index contributed by atoms with van der Waals surface area (Å²) in [7, 11) is -0.189. The first-order chi connectivity index (χ1) is 5.65. The van der Waals surface area contributed by atoms with Crippen LogP contribution in [0.2, 0.25) is 0 Å². The number of allylic oxidation sites excluding steroid dienone is 2. The van der Waals surface area contributed by atoms with Gasteiger partial charge in [0.25, 0.3) is 0 Å². The van der Waals surface area contributed by atoms with Crippen LogP contribution in [0.4, 0.5) is 0 Å². The minimum Gasteiger partial charge on any atom is -0.230 e. The van der Waals surface area contributed by atoms with Crippen molar-refractivity contribution < 1.29 is 0 Å². The van der Waals surface area contributed by atoms with Crippen molar-refractivity contribution >= 4 is 22.3 Å². The summed E-state index contributed by atoms with van der Waals surface area (Å²) in [6, 6.07) is 3.51. The highest BCUT2D eigenvalue weighted by atomic mass is 35.5. The minimum absolute atomic E-state index is 0.00574. The van der Waals surface area contributed by atoms with Gasteiger partial charge in [0.05, 0.1) is 11.6 Å². The van der Waals surface area contributed by atoms with Gasteiger partial charge in [-0.1, -0.05) is 0 Å². The van der Waals surface area contributed by atoms with Gasteiger partial charge in [0, 0.05) is 0 Å². The van der Waals surface area contributed by atoms with Gasteiger partial charge in [-0.05, 0) is 12.5 Å². The van der Waals surface area contributed by atoms with E-state index in [-0.39, 0.29) is 22.1 Å². The van der Waals surface area contributed by atoms with Crippen molar-refractivity contribution in [2.24, 2.45) is 4.36 Å². The molecule has 0 spiro atoms. The Balaban J connectivity index is 5.04. The Labute approximate surface area is 79.4 Å². The van der Waals surface area contributed by atoms with Gasteiger partial charge in [-0.25, -0.2) is 4.36 Å². The van der Waals surface area contributed by atoms with Crippen molar-refractivity contribution in [3.05, 3.63) is 11.3 Å². The average Bonchev–Trinajstić information content (AvgIpc) is 2.04. The molecule has 0 heterocycles. The molecule has 0 unspecified atom stereocenters. The van der Waals surface area contributed by atoms with Crippen LogP contribution in [0.5, 0.6) is 0 Å². The third-order valence-corrected chi connectivity index (χ3v) is 1.77. The summed E-state index contributed by atoms with van der Waals surface area (Å²) in [6.07, 6.45) is 3.78. The lowest BCUT2D eigenvalue weighted by atomic mass is 10.3. The summed E-state index contributed by atoms with van der Waals surface area (Å²) in [5.41, 5.74) is 0.390. The predicted molar refractivity (Wildman–Crippen MR) is 50.6 cm³/mol. The summed E-state index contributed by atoms with van der Waals surface area (Å²) in [4.78, 5) is 0. The summed E-state index contributed by atoms with van der Waals surface area (Å²) < 4.78 is 4.07. The summed E-state index contributed by atoms with van der Waals surface area (Å²) in [5.74, 6) is 0.113. The second-order valence-electron chi connectivity index (χ2n) is 2.04. The summed E-state index contributed by atoms with van der Waals surface area (Å²) >= 11 is 5.51. The van der Waals surface area contributed by atoms with Gasteiger partial charge in [0.2, 0.25) is 0 Å². The highest BCUT2D eigenvalue weighted by Gasteiger charge is 2.02. The topological polar surface area (TPSA) is 59.9 Å². The molecule has 3 nitrogen and oxygen atoms in total. The number of nitrogens with zero attached hydrogens (tertiary/aromatic N) is 3. The van der Waals surface area contributed by atoms with Crippen LogP contribution in [0.3, 0.4) is 0 Å². The SMILES string of the molecule is CS(C)=NC(CCl)=C(C#N)C#N. The standard InChI is InChI=1S/C7H8ClN3S/c1-12(2)11-7(3-8)6(4-9)5-10/h3H2,1-2H3. The lowest BCUT2D eigenvalue weighted by molar-refractivity contribution is 1.29. The van der Waals surface area contributed by atoms with Crippen LogP contribution >= 0.6 is 11.6 Å². The quantitative estimate of drug-likeness (QED) is 0.503. The fourth-order valence-electron chi connectivity index (χ4n) is 0.511. The Morgan fingerprint density at radius 2 is 1.92 bits per heavy atom. The maximum atomic E-state index is 8.49. The normalized spacial score (nSPS) is 8.50. The lowest BCUT2D eigenvalue weighted by Crippen LogP contribution is -1.90. The molecule has 0 amide bonds. The van der Waals surface area contributed by atoms with Crippen LogP contribution in [-0.4, -0.2) is 18.4 Å². The molecule has 0 aromatic rings. The molecule has 0 aliphatic rings. The van der Waals surface area contributed by atoms with Gasteiger partial charge in [-0.15, -0.1) is 22.3 Å². The Morgan fingerprint density at radius 1 is 1.42 bits per heavy atom. The van der Waals surface area contributed by atoms with Crippen LogP contribution in [0.15, 0.2) is 15.6 Å². The molecule has 5 heteroatoms. The molecule has 0 aromatic heterocycles. The second kappa shape index (κ2) is 5.77. The smallest absolute Gasteiger partial charge is 0.152 e. The number of halogens is 1. The molecule has 0 saturated heterocycles. The van der Waals surface area contributed by atoms with E-state index in [0.29, 0.717) is 5.70 Å². The summed E-state index contributed by atoms with van der Waals surface area (Å²) in [6.45, 7) is 0. The number of hydrogen-bond donors (Lipinski definition) is 0. The first-order valence-corrected chi connectivity index (χ1v) is 5.57. The third-order valence-electron chi connectivity index (χ3n) is 0.932. The van der Waals surface area contributed by atoms with Gasteiger partial charge in [-0.3, -0.25) is 0 Å². The van der Waals surface area contributed by atoms with Crippen molar-refractivity contribution in [3.63, 3.8) is 0 Å². The van der Waals surface area contributed by atoms with Crippen LogP contribution in [-0.2, 0) is 10.7 Å². The molecule has 0 aliphatic heterocycles. The van der Waals surface area contributed by atoms with E-state index < -0.39 is 0 Å². The van der Waals surface area contributed by atoms with Crippen molar-refractivity contribution in [1.82, 2.24) is 0 Å². The molecule has 0 bridgehead atoms. The van der Waals surface area contributed by atoms with Crippen LogP contribution < -0.4 is 0 Å². The van der Waals surface area contributed by atoms with Gasteiger partial charge in [0.1, 0.15) is 12.1 Å². The maximum absolute atomic E-state index is 8.49. The van der Waals surface area contributed by atoms with Crippen LogP contribution in [0, 0.1) is 22.7 Å². The van der Waals surface area contributed by atoms with E-state index >= 15 is 0 Å². The minimum atomic E-state index is -0.189. The molecule has 0 fully saturated rings. The van der Waals surface area contributed by atoms with E-state index in [1.54, 1.807) is 12.1 Å². The molecule has 0 aromatic carbocycles. The van der Waals surface area contributed by atoms with E-state index in [9.17, 15) is 0 Å². The first-order valence-electron chi connectivity index (χ1n) is 3.04. The number of rotatable bonds is 2. The highest BCUT2D eigenvalue weighted by molar-refractivity contribution is 7.85. The molecule has 12 heavy (non-hydrogen) atoms. The van der Waals surface area contributed by atoms with Gasteiger partial charge in [-0.2, -0.15) is 10.5 Å². The van der Waals surface area contributed by atoms with E-state index in [1.165, 1.54) is 0 Å². The highest BCUT2D eigenvalue weighted by Crippen LogP contribution is 2.07. The Bertz CT molecular complexity index is 286. The Hall–Kier alpha value is -0.840. The van der Waals surface area contributed by atoms with Crippen LogP contribution in [0.25, 0.3) is 0 Å². The molecule has 0 saturated carbocycles. The Kier molecular flexibility index (Phi) is 5.36. The van der Waals surface area contributed by atoms with E-state index in [1.807, 2.05) is 12.5 Å². The number of nitriles is 2. The molecule has 0 aliphatic carbocycles. The predicted octanol–water partition coefficient (Wildman–Crippen LogP) is 1.59. The van der Waals surface area contributed by atoms with E-state index in [4.69, 9.17) is 22.1 Å². The molecule has 0 radical (unpaired) electrons. The van der Waals surface area contributed by atoms with Crippen molar-refractivity contribution in [3.8, 4) is 12.1 Å². The van der Waals surface area contributed by atoms with Crippen molar-refractivity contribution in [2.45, 2.75) is 0 Å². The largest absolute Gasteiger partial charge is 0.230 e. The number of alkyl halides is 1. The summed E-state index contributed by atoms with van der Waals surface area (Å²) in [5, 5.41) is 17.0. The van der Waals surface area contributed by atoms with Gasteiger partial charge < -0.3 is 0 Å². The second-order valence-corrected chi connectivity index (χ2v) is 4.04. The zero-order valence-electron chi connectivity index (χ0n) is 6.83. The maximum Gasteiger partial charge on any atom is 0.152 e. The van der Waals surface area contributed by atoms with Crippen LogP contribution in [0.1, 0.15) is 0 Å². The average molecular weight is 202 g/mol. The lowest BCUT2D eigenvalue weighted by Gasteiger charge is -1.95. The fourth-order valence-corrected chi connectivity index (χ4v) is 1.37. The van der Waals surface area contributed by atoms with Crippen molar-refractivity contribution in [1.29, 1.82) is 10.5 Å². The first kappa shape index (κ1) is 11.2. The molecular formula is C7H8ClN3S. The molecule has 0 N–H and O–H groups in total. The fraction of sp³-hybridized carbons (Fsp3) is 0.429. The van der Waals surface area contributed by atoms with E-state index in [0.717, 1.165) is 0 Å². The Morgan fingerprint density at radius 3 is 2.17 bits per heavy atom. The molecule has 64 valence electrons. The zero-order chi connectivity index (χ0) is 9.56. The number of hydrogen-bond acceptors (Lipinski definition) is 3. The van der Waals surface area contributed by atoms with Gasteiger partial charge in [0.15, 0.2) is 5.57 Å². The molecule has 0 rings (SSSR count). The third kappa shape index (κ3) is 3.52. The molecular weight excluding hydrogens is 194 g/mol. The van der Waals surface area contributed by atoms with Crippen molar-refractivity contribution in [2.75, 3.05) is 18.4 Å². The van der Waals surface area contributed by atoms with Gasteiger partial charge >= 0.3 is 0 Å². The van der Waals surface area contributed by atoms with E-state index in [2.05, 4.69) is 4.36 Å². The monoisotopic (exact) mass is 201 g/mol. The molecule has 0 atom stereocenters.